The molecule has 3 N–H and O–H groups in total. The third-order valence-corrected chi connectivity index (χ3v) is 5.35. The molecule has 0 radical (unpaired) electrons. The Bertz CT molecular complexity index is 999. The average Bonchev–Trinajstić information content (AvgIpc) is 3.40. The molecule has 0 spiro atoms. The second kappa shape index (κ2) is 9.93. The molecular weight excluding hydrogens is 456 g/mol. The number of alkyl halides is 4. The Balaban J connectivity index is 1.41. The molecule has 10 nitrogen and oxygen atoms in total. The number of rotatable bonds is 9. The van der Waals surface area contributed by atoms with Crippen molar-refractivity contribution in [3.8, 4) is 0 Å². The quantitative estimate of drug-likeness (QED) is 0.531. The number of nitrogens with zero attached hydrogens (tertiary/aromatic N) is 6. The Morgan fingerprint density at radius 2 is 2.12 bits per heavy atom. The van der Waals surface area contributed by atoms with E-state index in [2.05, 4.69) is 30.8 Å². The van der Waals surface area contributed by atoms with Crippen LogP contribution < -0.4 is 11.1 Å². The van der Waals surface area contributed by atoms with Gasteiger partial charge in [0.1, 0.15) is 11.2 Å². The molecule has 0 aliphatic carbocycles. The van der Waals surface area contributed by atoms with Gasteiger partial charge in [0.05, 0.1) is 30.9 Å². The molecule has 0 bridgehead atoms. The van der Waals surface area contributed by atoms with Crippen LogP contribution >= 0.6 is 11.3 Å². The van der Waals surface area contributed by atoms with Crippen LogP contribution in [0.2, 0.25) is 0 Å². The van der Waals surface area contributed by atoms with Gasteiger partial charge in [-0.3, -0.25) is 19.6 Å². The fourth-order valence-electron chi connectivity index (χ4n) is 2.76. The average molecular weight is 474 g/mol. The summed E-state index contributed by atoms with van der Waals surface area (Å²) in [5.74, 6) is -1.25. The zero-order valence-electron chi connectivity index (χ0n) is 16.4. The summed E-state index contributed by atoms with van der Waals surface area (Å²) in [6, 6.07) is 0.777. The molecule has 3 heterocycles. The van der Waals surface area contributed by atoms with Gasteiger partial charge in [-0.2, -0.15) is 18.3 Å². The van der Waals surface area contributed by atoms with Gasteiger partial charge >= 0.3 is 6.18 Å². The number of aromatic nitrogens is 3. The third kappa shape index (κ3) is 6.38. The van der Waals surface area contributed by atoms with Crippen molar-refractivity contribution in [1.29, 1.82) is 0 Å². The standard InChI is InChI=1S/C17H18F4N8O2S/c18-10(1-2-13-26-27-16(32-13)14(22)30)7-29-8-12(25-28-29)15(31)24-6-11-5-9(3-4-23-11)17(19,20)21/h3-5,10,12H,1-2,6-8H2,(H2,22,30)(H,24,31). The molecule has 0 aromatic carbocycles. The number of nitrogens with one attached hydrogen (secondary N) is 1. The summed E-state index contributed by atoms with van der Waals surface area (Å²) in [5.41, 5.74) is 4.27. The molecule has 3 rings (SSSR count). The predicted octanol–water partition coefficient (Wildman–Crippen LogP) is 1.69. The minimum atomic E-state index is -4.51. The monoisotopic (exact) mass is 474 g/mol. The normalized spacial score (nSPS) is 16.9. The van der Waals surface area contributed by atoms with E-state index < -0.39 is 35.8 Å². The molecule has 1 aliphatic heterocycles. The molecule has 0 fully saturated rings. The first kappa shape index (κ1) is 23.4. The highest BCUT2D eigenvalue weighted by atomic mass is 32.1. The zero-order chi connectivity index (χ0) is 23.3. The second-order valence-corrected chi connectivity index (χ2v) is 7.91. The molecule has 172 valence electrons. The Kier molecular flexibility index (Phi) is 7.27. The Morgan fingerprint density at radius 1 is 1.34 bits per heavy atom. The lowest BCUT2D eigenvalue weighted by Gasteiger charge is -2.16. The number of halogens is 4. The SMILES string of the molecule is NC(=O)c1nnc(CCC(F)CN2CC(C(=O)NCc3cc(C(F)(F)F)ccn3)N=N2)s1. The van der Waals surface area contributed by atoms with E-state index in [-0.39, 0.29) is 43.2 Å². The molecule has 2 amide bonds. The maximum atomic E-state index is 14.3. The highest BCUT2D eigenvalue weighted by Gasteiger charge is 2.31. The van der Waals surface area contributed by atoms with E-state index in [1.54, 1.807) is 0 Å². The molecule has 2 aromatic rings. The van der Waals surface area contributed by atoms with Crippen LogP contribution in [0.3, 0.4) is 0 Å². The summed E-state index contributed by atoms with van der Waals surface area (Å²) in [5, 5.41) is 19.2. The number of nitrogens with two attached hydrogens (primary N) is 1. The molecule has 2 aromatic heterocycles. The number of hydrogen-bond donors (Lipinski definition) is 2. The van der Waals surface area contributed by atoms with Crippen molar-refractivity contribution in [2.75, 3.05) is 13.1 Å². The molecule has 2 unspecified atom stereocenters. The van der Waals surface area contributed by atoms with E-state index in [1.165, 1.54) is 5.01 Å². The number of hydrogen-bond acceptors (Lipinski definition) is 9. The summed E-state index contributed by atoms with van der Waals surface area (Å²) >= 11 is 0.996. The number of pyridine rings is 1. The Morgan fingerprint density at radius 3 is 2.81 bits per heavy atom. The van der Waals surface area contributed by atoms with Crippen molar-refractivity contribution in [1.82, 2.24) is 25.5 Å². The maximum Gasteiger partial charge on any atom is 0.416 e. The maximum absolute atomic E-state index is 14.3. The molecule has 0 saturated heterocycles. The summed E-state index contributed by atoms with van der Waals surface area (Å²) in [4.78, 5) is 27.0. The van der Waals surface area contributed by atoms with Gasteiger partial charge in [-0.05, 0) is 18.6 Å². The first-order valence-corrected chi connectivity index (χ1v) is 10.1. The third-order valence-electron chi connectivity index (χ3n) is 4.35. The van der Waals surface area contributed by atoms with E-state index in [0.717, 1.165) is 29.7 Å². The zero-order valence-corrected chi connectivity index (χ0v) is 17.2. The largest absolute Gasteiger partial charge is 0.416 e. The first-order valence-electron chi connectivity index (χ1n) is 9.33. The topological polar surface area (TPSA) is 139 Å². The van der Waals surface area contributed by atoms with Crippen molar-refractivity contribution in [3.63, 3.8) is 0 Å². The van der Waals surface area contributed by atoms with E-state index in [0.29, 0.717) is 5.01 Å². The number of primary amides is 1. The number of carbonyl (C=O) groups is 2. The number of aryl methyl sites for hydroxylation is 1. The highest BCUT2D eigenvalue weighted by Crippen LogP contribution is 2.29. The van der Waals surface area contributed by atoms with Crippen molar-refractivity contribution in [2.45, 2.75) is 37.8 Å². The minimum absolute atomic E-state index is 0.0346. The van der Waals surface area contributed by atoms with Crippen LogP contribution in [0.4, 0.5) is 17.6 Å². The van der Waals surface area contributed by atoms with Gasteiger partial charge in [-0.15, -0.1) is 10.2 Å². The lowest BCUT2D eigenvalue weighted by Crippen LogP contribution is -2.38. The Hall–Kier alpha value is -3.23. The lowest BCUT2D eigenvalue weighted by molar-refractivity contribution is -0.137. The van der Waals surface area contributed by atoms with Gasteiger partial charge in [-0.25, -0.2) is 4.39 Å². The van der Waals surface area contributed by atoms with Crippen LogP contribution in [0, 0.1) is 0 Å². The van der Waals surface area contributed by atoms with Crippen LogP contribution in [0.5, 0.6) is 0 Å². The van der Waals surface area contributed by atoms with Crippen molar-refractivity contribution >= 4 is 23.2 Å². The van der Waals surface area contributed by atoms with Gasteiger partial charge in [0, 0.05) is 12.6 Å². The predicted molar refractivity (Wildman–Crippen MR) is 103 cm³/mol. The van der Waals surface area contributed by atoms with Crippen LogP contribution in [0.25, 0.3) is 0 Å². The summed E-state index contributed by atoms with van der Waals surface area (Å²) in [6.07, 6.45) is -4.45. The summed E-state index contributed by atoms with van der Waals surface area (Å²) < 4.78 is 52.5. The first-order chi connectivity index (χ1) is 15.1. The van der Waals surface area contributed by atoms with Crippen LogP contribution in [-0.4, -0.2) is 57.3 Å². The molecule has 0 saturated carbocycles. The van der Waals surface area contributed by atoms with Crippen molar-refractivity contribution in [3.05, 3.63) is 39.6 Å². The van der Waals surface area contributed by atoms with Gasteiger partial charge in [0.25, 0.3) is 5.91 Å². The van der Waals surface area contributed by atoms with E-state index in [4.69, 9.17) is 5.73 Å². The second-order valence-electron chi connectivity index (χ2n) is 6.84. The molecule has 1 aliphatic rings. The van der Waals surface area contributed by atoms with Gasteiger partial charge < -0.3 is 11.1 Å². The molecule has 2 atom stereocenters. The highest BCUT2D eigenvalue weighted by molar-refractivity contribution is 7.13. The van der Waals surface area contributed by atoms with Crippen LogP contribution in [-0.2, 0) is 23.9 Å². The molecule has 15 heteroatoms. The van der Waals surface area contributed by atoms with Gasteiger partial charge in [0.15, 0.2) is 6.04 Å². The number of carbonyl (C=O) groups excluding carboxylic acids is 2. The van der Waals surface area contributed by atoms with Gasteiger partial charge in [0.2, 0.25) is 10.9 Å². The van der Waals surface area contributed by atoms with E-state index in [9.17, 15) is 27.2 Å². The minimum Gasteiger partial charge on any atom is -0.363 e. The van der Waals surface area contributed by atoms with Crippen molar-refractivity contribution < 1.29 is 27.2 Å². The van der Waals surface area contributed by atoms with Gasteiger partial charge in [-0.1, -0.05) is 16.6 Å². The smallest absolute Gasteiger partial charge is 0.363 e. The number of amides is 2. The molecule has 32 heavy (non-hydrogen) atoms. The van der Waals surface area contributed by atoms with Crippen LogP contribution in [0.15, 0.2) is 28.7 Å². The van der Waals surface area contributed by atoms with Crippen molar-refractivity contribution in [2.24, 2.45) is 16.1 Å². The van der Waals surface area contributed by atoms with E-state index in [1.807, 2.05) is 0 Å². The fraction of sp³-hybridized carbons (Fsp3) is 0.471. The van der Waals surface area contributed by atoms with Crippen LogP contribution in [0.1, 0.15) is 32.5 Å². The summed E-state index contributed by atoms with van der Waals surface area (Å²) in [7, 11) is 0. The Labute approximate surface area is 182 Å². The summed E-state index contributed by atoms with van der Waals surface area (Å²) in [6.45, 7) is -0.285. The fourth-order valence-corrected chi connectivity index (χ4v) is 3.46. The lowest BCUT2D eigenvalue weighted by atomic mass is 10.2. The molecular formula is C17H18F4N8O2S. The van der Waals surface area contributed by atoms with E-state index >= 15 is 0 Å².